The Morgan fingerprint density at radius 2 is 0.516 bits per heavy atom. The fourth-order valence-corrected chi connectivity index (χ4v) is 4.76. The van der Waals surface area contributed by atoms with Crippen LogP contribution in [0.4, 0.5) is 0 Å². The van der Waals surface area contributed by atoms with Crippen molar-refractivity contribution in [1.29, 1.82) is 0 Å². The van der Waals surface area contributed by atoms with Crippen LogP contribution in [0, 0.1) is 0 Å². The van der Waals surface area contributed by atoms with E-state index < -0.39 is 0 Å². The molecule has 0 aromatic heterocycles. The van der Waals surface area contributed by atoms with Crippen molar-refractivity contribution in [2.75, 3.05) is 0 Å². The second-order valence-corrected chi connectivity index (χ2v) is 10.4. The molecule has 1 nitrogen and oxygen atoms in total. The van der Waals surface area contributed by atoms with Crippen molar-refractivity contribution >= 4 is 0 Å². The molecule has 0 bridgehead atoms. The molecular formula is C30H62O. The molecule has 0 aliphatic rings. The highest BCUT2D eigenvalue weighted by Crippen LogP contribution is 2.16. The molecule has 0 fully saturated rings. The van der Waals surface area contributed by atoms with Crippen molar-refractivity contribution in [3.05, 3.63) is 0 Å². The van der Waals surface area contributed by atoms with Crippen molar-refractivity contribution < 1.29 is 5.11 Å². The Morgan fingerprint density at radius 1 is 0.323 bits per heavy atom. The fourth-order valence-electron chi connectivity index (χ4n) is 4.76. The van der Waals surface area contributed by atoms with E-state index in [-0.39, 0.29) is 6.10 Å². The molecule has 1 heteroatoms. The molecule has 0 aliphatic carbocycles. The van der Waals surface area contributed by atoms with Crippen molar-refractivity contribution in [3.8, 4) is 0 Å². The number of unbranched alkanes of at least 4 members (excludes halogenated alkanes) is 23. The van der Waals surface area contributed by atoms with Crippen molar-refractivity contribution in [3.63, 3.8) is 0 Å². The van der Waals surface area contributed by atoms with E-state index in [4.69, 9.17) is 0 Å². The highest BCUT2D eigenvalue weighted by atomic mass is 16.3. The lowest BCUT2D eigenvalue weighted by Crippen LogP contribution is -2.05. The van der Waals surface area contributed by atoms with E-state index in [1.165, 1.54) is 161 Å². The fraction of sp³-hybridized carbons (Fsp3) is 1.00. The van der Waals surface area contributed by atoms with Gasteiger partial charge in [-0.1, -0.05) is 174 Å². The SMILES string of the molecule is CCCCCCCCCCCCCCCCCCCC(O)CCCCCCCCCC. The third-order valence-electron chi connectivity index (χ3n) is 7.03. The maximum atomic E-state index is 10.1. The third-order valence-corrected chi connectivity index (χ3v) is 7.03. The quantitative estimate of drug-likeness (QED) is 0.126. The summed E-state index contributed by atoms with van der Waals surface area (Å²) in [5.41, 5.74) is 0. The van der Waals surface area contributed by atoms with E-state index in [1.54, 1.807) is 0 Å². The zero-order valence-corrected chi connectivity index (χ0v) is 22.1. The first-order chi connectivity index (χ1) is 15.3. The topological polar surface area (TPSA) is 20.2 Å². The summed E-state index contributed by atoms with van der Waals surface area (Å²) in [6.07, 6.45) is 37.1. The number of aliphatic hydroxyl groups is 1. The van der Waals surface area contributed by atoms with Gasteiger partial charge in [-0.25, -0.2) is 0 Å². The summed E-state index contributed by atoms with van der Waals surface area (Å²) in [5, 5.41) is 10.1. The number of hydrogen-bond donors (Lipinski definition) is 1. The summed E-state index contributed by atoms with van der Waals surface area (Å²) in [6, 6.07) is 0. The molecule has 1 N–H and O–H groups in total. The van der Waals surface area contributed by atoms with Gasteiger partial charge in [-0.15, -0.1) is 0 Å². The van der Waals surface area contributed by atoms with Gasteiger partial charge in [0.1, 0.15) is 0 Å². The van der Waals surface area contributed by atoms with Gasteiger partial charge in [-0.05, 0) is 12.8 Å². The van der Waals surface area contributed by atoms with Crippen LogP contribution in [-0.4, -0.2) is 11.2 Å². The van der Waals surface area contributed by atoms with Crippen molar-refractivity contribution in [2.45, 2.75) is 193 Å². The van der Waals surface area contributed by atoms with E-state index in [1.807, 2.05) is 0 Å². The summed E-state index contributed by atoms with van der Waals surface area (Å²) in [7, 11) is 0. The molecule has 0 rings (SSSR count). The monoisotopic (exact) mass is 438 g/mol. The van der Waals surface area contributed by atoms with Gasteiger partial charge in [-0.2, -0.15) is 0 Å². The lowest BCUT2D eigenvalue weighted by molar-refractivity contribution is 0.147. The van der Waals surface area contributed by atoms with Crippen LogP contribution in [0.5, 0.6) is 0 Å². The molecule has 0 aliphatic heterocycles. The minimum atomic E-state index is -0.0311. The number of aliphatic hydroxyl groups excluding tert-OH is 1. The molecule has 1 unspecified atom stereocenters. The first kappa shape index (κ1) is 31.0. The summed E-state index contributed by atoms with van der Waals surface area (Å²) < 4.78 is 0. The normalized spacial score (nSPS) is 12.5. The van der Waals surface area contributed by atoms with E-state index in [2.05, 4.69) is 13.8 Å². The van der Waals surface area contributed by atoms with Gasteiger partial charge in [0.25, 0.3) is 0 Å². The minimum absolute atomic E-state index is 0.0311. The molecule has 0 radical (unpaired) electrons. The molecular weight excluding hydrogens is 376 g/mol. The Kier molecular flexibility index (Phi) is 28.0. The van der Waals surface area contributed by atoms with Crippen LogP contribution in [0.25, 0.3) is 0 Å². The van der Waals surface area contributed by atoms with Crippen LogP contribution in [-0.2, 0) is 0 Å². The predicted molar refractivity (Wildman–Crippen MR) is 142 cm³/mol. The second-order valence-electron chi connectivity index (χ2n) is 10.4. The molecule has 188 valence electrons. The summed E-state index contributed by atoms with van der Waals surface area (Å²) >= 11 is 0. The van der Waals surface area contributed by atoms with Gasteiger partial charge < -0.3 is 5.11 Å². The van der Waals surface area contributed by atoms with E-state index in [0.717, 1.165) is 12.8 Å². The van der Waals surface area contributed by atoms with Crippen LogP contribution in [0.3, 0.4) is 0 Å². The zero-order chi connectivity index (χ0) is 22.7. The lowest BCUT2D eigenvalue weighted by Gasteiger charge is -2.10. The minimum Gasteiger partial charge on any atom is -0.393 e. The van der Waals surface area contributed by atoms with E-state index in [9.17, 15) is 5.11 Å². The van der Waals surface area contributed by atoms with Crippen LogP contribution in [0.15, 0.2) is 0 Å². The van der Waals surface area contributed by atoms with Gasteiger partial charge in [-0.3, -0.25) is 0 Å². The lowest BCUT2D eigenvalue weighted by atomic mass is 10.0. The highest BCUT2D eigenvalue weighted by Gasteiger charge is 2.03. The Balaban J connectivity index is 3.11. The Labute approximate surface area is 198 Å². The average Bonchev–Trinajstić information content (AvgIpc) is 2.77. The van der Waals surface area contributed by atoms with E-state index >= 15 is 0 Å². The highest BCUT2D eigenvalue weighted by molar-refractivity contribution is 4.58. The Morgan fingerprint density at radius 3 is 0.742 bits per heavy atom. The van der Waals surface area contributed by atoms with Crippen molar-refractivity contribution in [2.24, 2.45) is 0 Å². The Hall–Kier alpha value is -0.0400. The van der Waals surface area contributed by atoms with Gasteiger partial charge >= 0.3 is 0 Å². The maximum absolute atomic E-state index is 10.1. The second kappa shape index (κ2) is 28.0. The first-order valence-corrected chi connectivity index (χ1v) is 15.0. The molecule has 31 heavy (non-hydrogen) atoms. The molecule has 1 atom stereocenters. The van der Waals surface area contributed by atoms with Crippen LogP contribution in [0.2, 0.25) is 0 Å². The van der Waals surface area contributed by atoms with Crippen LogP contribution < -0.4 is 0 Å². The van der Waals surface area contributed by atoms with Gasteiger partial charge in [0.2, 0.25) is 0 Å². The maximum Gasteiger partial charge on any atom is 0.0540 e. The zero-order valence-electron chi connectivity index (χ0n) is 22.1. The molecule has 0 saturated heterocycles. The first-order valence-electron chi connectivity index (χ1n) is 15.0. The summed E-state index contributed by atoms with van der Waals surface area (Å²) in [6.45, 7) is 4.58. The molecule has 0 aromatic rings. The number of rotatable bonds is 27. The summed E-state index contributed by atoms with van der Waals surface area (Å²) in [4.78, 5) is 0. The summed E-state index contributed by atoms with van der Waals surface area (Å²) in [5.74, 6) is 0. The molecule has 0 saturated carbocycles. The predicted octanol–water partition coefficient (Wildman–Crippen LogP) is 10.9. The smallest absolute Gasteiger partial charge is 0.0540 e. The van der Waals surface area contributed by atoms with Crippen LogP contribution >= 0.6 is 0 Å². The molecule has 0 amide bonds. The van der Waals surface area contributed by atoms with Gasteiger partial charge in [0, 0.05) is 0 Å². The average molecular weight is 439 g/mol. The molecule has 0 spiro atoms. The third kappa shape index (κ3) is 27.9. The largest absolute Gasteiger partial charge is 0.393 e. The standard InChI is InChI=1S/C30H62O/c1-3-5-7-9-11-13-14-15-16-17-18-19-20-21-23-25-27-29-30(31)28-26-24-22-12-10-8-6-4-2/h30-31H,3-29H2,1-2H3. The van der Waals surface area contributed by atoms with E-state index in [0.29, 0.717) is 0 Å². The van der Waals surface area contributed by atoms with Gasteiger partial charge in [0.05, 0.1) is 6.10 Å². The molecule has 0 aromatic carbocycles. The Bertz CT molecular complexity index is 301. The van der Waals surface area contributed by atoms with Gasteiger partial charge in [0.15, 0.2) is 0 Å². The van der Waals surface area contributed by atoms with Crippen LogP contribution in [0.1, 0.15) is 187 Å². The van der Waals surface area contributed by atoms with Crippen molar-refractivity contribution in [1.82, 2.24) is 0 Å². The molecule has 0 heterocycles. The number of hydrogen-bond acceptors (Lipinski definition) is 1.